The summed E-state index contributed by atoms with van der Waals surface area (Å²) in [5.41, 5.74) is 5.44. The molecule has 0 radical (unpaired) electrons. The van der Waals surface area contributed by atoms with Crippen molar-refractivity contribution in [2.24, 2.45) is 0 Å². The highest BCUT2D eigenvalue weighted by Gasteiger charge is 2.14. The Morgan fingerprint density at radius 3 is 3.00 bits per heavy atom. The number of nitrogens with two attached hydrogens (primary N) is 1. The Bertz CT molecular complexity index is 366. The number of amides is 1. The third kappa shape index (κ3) is 4.41. The summed E-state index contributed by atoms with van der Waals surface area (Å²) in [6.45, 7) is 0.531. The average Bonchev–Trinajstić information content (AvgIpc) is 2.64. The normalized spacial score (nSPS) is 12.4. The van der Waals surface area contributed by atoms with Gasteiger partial charge in [0, 0.05) is 26.9 Å². The smallest absolute Gasteiger partial charge is 0.244 e. The second kappa shape index (κ2) is 6.21. The van der Waals surface area contributed by atoms with Crippen LogP contribution in [0.25, 0.3) is 0 Å². The number of rotatable bonds is 6. The van der Waals surface area contributed by atoms with Crippen molar-refractivity contribution in [1.82, 2.24) is 14.7 Å². The van der Waals surface area contributed by atoms with Gasteiger partial charge in [-0.3, -0.25) is 9.48 Å². The number of aliphatic hydroxyl groups excluding tert-OH is 1. The van der Waals surface area contributed by atoms with E-state index >= 15 is 0 Å². The van der Waals surface area contributed by atoms with E-state index in [1.807, 2.05) is 0 Å². The average molecular weight is 242 g/mol. The molecule has 1 aromatic heterocycles. The third-order valence-corrected chi connectivity index (χ3v) is 2.23. The number of aliphatic hydroxyl groups is 1. The van der Waals surface area contributed by atoms with Crippen molar-refractivity contribution in [3.8, 4) is 0 Å². The molecule has 7 heteroatoms. The number of ether oxygens (including phenoxy) is 1. The van der Waals surface area contributed by atoms with E-state index < -0.39 is 6.10 Å². The first-order valence-electron chi connectivity index (χ1n) is 5.23. The molecule has 1 amide bonds. The molecule has 7 nitrogen and oxygen atoms in total. The molecular formula is C10H18N4O3. The largest absolute Gasteiger partial charge is 0.389 e. The molecule has 0 aliphatic heterocycles. The molecule has 0 aliphatic rings. The second-order valence-electron chi connectivity index (χ2n) is 3.82. The highest BCUT2D eigenvalue weighted by molar-refractivity contribution is 5.75. The Balaban J connectivity index is 2.41. The van der Waals surface area contributed by atoms with Gasteiger partial charge in [0.05, 0.1) is 12.7 Å². The summed E-state index contributed by atoms with van der Waals surface area (Å²) in [7, 11) is 3.12. The van der Waals surface area contributed by atoms with Crippen molar-refractivity contribution in [1.29, 1.82) is 0 Å². The lowest BCUT2D eigenvalue weighted by Gasteiger charge is -2.20. The van der Waals surface area contributed by atoms with Crippen LogP contribution in [0.5, 0.6) is 0 Å². The SMILES string of the molecule is COCC(O)CN(C)C(=O)Cn1ccc(N)n1. The molecule has 0 bridgehead atoms. The highest BCUT2D eigenvalue weighted by Crippen LogP contribution is 1.98. The van der Waals surface area contributed by atoms with Gasteiger partial charge in [0.2, 0.25) is 5.91 Å². The van der Waals surface area contributed by atoms with Gasteiger partial charge in [-0.05, 0) is 6.07 Å². The highest BCUT2D eigenvalue weighted by atomic mass is 16.5. The minimum Gasteiger partial charge on any atom is -0.389 e. The number of hydrogen-bond donors (Lipinski definition) is 2. The molecule has 0 saturated heterocycles. The summed E-state index contributed by atoms with van der Waals surface area (Å²) in [4.78, 5) is 13.2. The lowest BCUT2D eigenvalue weighted by Crippen LogP contribution is -2.38. The van der Waals surface area contributed by atoms with Crippen LogP contribution < -0.4 is 5.73 Å². The minimum absolute atomic E-state index is 0.105. The standard InChI is InChI=1S/C10H18N4O3/c1-13(5-8(15)7-17-2)10(16)6-14-4-3-9(11)12-14/h3-4,8,15H,5-7H2,1-2H3,(H2,11,12). The van der Waals surface area contributed by atoms with Gasteiger partial charge >= 0.3 is 0 Å². The van der Waals surface area contributed by atoms with Crippen LogP contribution in [0.15, 0.2) is 12.3 Å². The molecule has 0 aliphatic carbocycles. The lowest BCUT2D eigenvalue weighted by atomic mass is 10.3. The molecule has 1 atom stereocenters. The van der Waals surface area contributed by atoms with Crippen molar-refractivity contribution >= 4 is 11.7 Å². The van der Waals surface area contributed by atoms with Gasteiger partial charge in [-0.25, -0.2) is 0 Å². The van der Waals surface area contributed by atoms with Gasteiger partial charge in [-0.2, -0.15) is 5.10 Å². The summed E-state index contributed by atoms with van der Waals surface area (Å²) >= 11 is 0. The quantitative estimate of drug-likeness (QED) is 0.662. The summed E-state index contributed by atoms with van der Waals surface area (Å²) < 4.78 is 6.24. The Hall–Kier alpha value is -1.60. The van der Waals surface area contributed by atoms with E-state index in [1.165, 1.54) is 16.7 Å². The summed E-state index contributed by atoms with van der Waals surface area (Å²) in [6.07, 6.45) is 0.948. The lowest BCUT2D eigenvalue weighted by molar-refractivity contribution is -0.132. The van der Waals surface area contributed by atoms with Crippen molar-refractivity contribution < 1.29 is 14.6 Å². The van der Waals surface area contributed by atoms with E-state index in [-0.39, 0.29) is 25.6 Å². The summed E-state index contributed by atoms with van der Waals surface area (Å²) in [5.74, 6) is 0.225. The molecule has 0 saturated carbocycles. The van der Waals surface area contributed by atoms with Crippen LogP contribution in [0, 0.1) is 0 Å². The van der Waals surface area contributed by atoms with E-state index in [1.54, 1.807) is 19.3 Å². The number of hydrogen-bond acceptors (Lipinski definition) is 5. The van der Waals surface area contributed by atoms with E-state index in [0.29, 0.717) is 5.82 Å². The van der Waals surface area contributed by atoms with Gasteiger partial charge in [0.15, 0.2) is 0 Å². The maximum Gasteiger partial charge on any atom is 0.244 e. The topological polar surface area (TPSA) is 93.6 Å². The zero-order chi connectivity index (χ0) is 12.8. The van der Waals surface area contributed by atoms with Crippen LogP contribution >= 0.6 is 0 Å². The maximum atomic E-state index is 11.7. The summed E-state index contributed by atoms with van der Waals surface area (Å²) in [5, 5.41) is 13.4. The van der Waals surface area contributed by atoms with Gasteiger partial charge in [0.25, 0.3) is 0 Å². The van der Waals surface area contributed by atoms with Crippen LogP contribution in [-0.4, -0.2) is 59.1 Å². The van der Waals surface area contributed by atoms with Crippen molar-refractivity contribution in [2.45, 2.75) is 12.6 Å². The molecule has 17 heavy (non-hydrogen) atoms. The summed E-state index contributed by atoms with van der Waals surface area (Å²) in [6, 6.07) is 1.62. The number of nitrogens with zero attached hydrogens (tertiary/aromatic N) is 3. The predicted octanol–water partition coefficient (Wildman–Crippen LogP) is -1.07. The van der Waals surface area contributed by atoms with Gasteiger partial charge in [0.1, 0.15) is 12.4 Å². The van der Waals surface area contributed by atoms with Gasteiger partial charge in [-0.15, -0.1) is 0 Å². The Labute approximate surface area is 99.8 Å². The molecule has 1 heterocycles. The molecule has 0 spiro atoms. The zero-order valence-electron chi connectivity index (χ0n) is 10.0. The molecule has 1 rings (SSSR count). The minimum atomic E-state index is -0.684. The number of anilines is 1. The second-order valence-corrected chi connectivity index (χ2v) is 3.82. The monoisotopic (exact) mass is 242 g/mol. The van der Waals surface area contributed by atoms with Crippen LogP contribution in [-0.2, 0) is 16.1 Å². The predicted molar refractivity (Wildman–Crippen MR) is 62.2 cm³/mol. The fourth-order valence-corrected chi connectivity index (χ4v) is 1.39. The number of carbonyl (C=O) groups is 1. The van der Waals surface area contributed by atoms with E-state index in [9.17, 15) is 9.90 Å². The van der Waals surface area contributed by atoms with E-state index in [4.69, 9.17) is 10.5 Å². The fourth-order valence-electron chi connectivity index (χ4n) is 1.39. The third-order valence-electron chi connectivity index (χ3n) is 2.23. The maximum absolute atomic E-state index is 11.7. The van der Waals surface area contributed by atoms with Crippen molar-refractivity contribution in [2.75, 3.05) is 33.0 Å². The first-order valence-corrected chi connectivity index (χ1v) is 5.23. The molecule has 1 aromatic rings. The molecule has 0 fully saturated rings. The number of nitrogen functional groups attached to an aromatic ring is 1. The number of aromatic nitrogens is 2. The van der Waals surface area contributed by atoms with Crippen molar-refractivity contribution in [3.63, 3.8) is 0 Å². The molecule has 3 N–H and O–H groups in total. The number of carbonyl (C=O) groups excluding carboxylic acids is 1. The van der Waals surface area contributed by atoms with Gasteiger partial charge in [-0.1, -0.05) is 0 Å². The number of methoxy groups -OCH3 is 1. The number of likely N-dealkylation sites (N-methyl/N-ethyl adjacent to an activating group) is 1. The fraction of sp³-hybridized carbons (Fsp3) is 0.600. The molecule has 0 aromatic carbocycles. The van der Waals surface area contributed by atoms with Crippen LogP contribution in [0.3, 0.4) is 0 Å². The Kier molecular flexibility index (Phi) is 4.92. The van der Waals surface area contributed by atoms with Crippen LogP contribution in [0.4, 0.5) is 5.82 Å². The molecular weight excluding hydrogens is 224 g/mol. The zero-order valence-corrected chi connectivity index (χ0v) is 10.0. The molecule has 96 valence electrons. The Morgan fingerprint density at radius 1 is 1.76 bits per heavy atom. The van der Waals surface area contributed by atoms with Crippen LogP contribution in [0.1, 0.15) is 0 Å². The van der Waals surface area contributed by atoms with Crippen molar-refractivity contribution in [3.05, 3.63) is 12.3 Å². The Morgan fingerprint density at radius 2 is 2.47 bits per heavy atom. The van der Waals surface area contributed by atoms with E-state index in [0.717, 1.165) is 0 Å². The van der Waals surface area contributed by atoms with Crippen LogP contribution in [0.2, 0.25) is 0 Å². The van der Waals surface area contributed by atoms with E-state index in [2.05, 4.69) is 5.10 Å². The first-order chi connectivity index (χ1) is 8.02. The van der Waals surface area contributed by atoms with Gasteiger partial charge < -0.3 is 20.5 Å². The molecule has 1 unspecified atom stereocenters. The first kappa shape index (κ1) is 13.5.